The normalized spacial score (nSPS) is 16.5. The number of hydrogen-bond donors (Lipinski definition) is 1. The zero-order valence-electron chi connectivity index (χ0n) is 25.3. The van der Waals surface area contributed by atoms with Gasteiger partial charge in [0.25, 0.3) is 0 Å². The number of amides is 3. The van der Waals surface area contributed by atoms with E-state index in [1.165, 1.54) is 9.80 Å². The molecule has 0 aliphatic carbocycles. The predicted octanol–water partition coefficient (Wildman–Crippen LogP) is 4.98. The van der Waals surface area contributed by atoms with Gasteiger partial charge in [0, 0.05) is 40.1 Å². The van der Waals surface area contributed by atoms with Gasteiger partial charge in [-0.25, -0.2) is 4.79 Å². The number of ether oxygens (including phenoxy) is 2. The molecule has 3 amide bonds. The minimum absolute atomic E-state index is 0.0220. The molecule has 1 saturated heterocycles. The fourth-order valence-corrected chi connectivity index (χ4v) is 5.21. The van der Waals surface area contributed by atoms with E-state index in [1.807, 2.05) is 72.8 Å². The molecule has 224 valence electrons. The maximum Gasteiger partial charge on any atom is 0.410 e. The number of benzene rings is 3. The highest BCUT2D eigenvalue weighted by molar-refractivity contribution is 5.92. The number of rotatable bonds is 10. The van der Waals surface area contributed by atoms with Gasteiger partial charge < -0.3 is 19.7 Å². The molecule has 3 atom stereocenters. The molecule has 0 bridgehead atoms. The molecule has 1 fully saturated rings. The summed E-state index contributed by atoms with van der Waals surface area (Å²) in [4.78, 5) is 43.9. The first kappa shape index (κ1) is 31.0. The molecule has 3 aromatic carbocycles. The first-order valence-electron chi connectivity index (χ1n) is 14.7. The standard InChI is InChI=1S/C34H43N3O5/c1-34(2,3)42-33(40)37(5)30(22-25-17-18-26-14-9-10-15-27(26)20-25)32(39)36(4)29(21-24-12-7-6-8-13-24)31(38)35-23-28-16-11-19-41-28/h6-10,12-15,17-18,20,28-30H,11,16,19,21-23H2,1-5H3,(H,35,38). The molecule has 0 aromatic heterocycles. The number of carbonyl (C=O) groups excluding carboxylic acids is 3. The van der Waals surface area contributed by atoms with Crippen LogP contribution in [0.5, 0.6) is 0 Å². The summed E-state index contributed by atoms with van der Waals surface area (Å²) in [7, 11) is 3.22. The minimum atomic E-state index is -0.893. The van der Waals surface area contributed by atoms with Crippen LogP contribution in [-0.2, 0) is 31.9 Å². The van der Waals surface area contributed by atoms with E-state index in [2.05, 4.69) is 5.32 Å². The van der Waals surface area contributed by atoms with E-state index in [0.717, 1.165) is 34.7 Å². The van der Waals surface area contributed by atoms with Gasteiger partial charge in [-0.1, -0.05) is 72.8 Å². The smallest absolute Gasteiger partial charge is 0.410 e. The maximum absolute atomic E-state index is 14.3. The summed E-state index contributed by atoms with van der Waals surface area (Å²) in [5.74, 6) is -0.598. The average molecular weight is 574 g/mol. The van der Waals surface area contributed by atoms with E-state index in [1.54, 1.807) is 34.9 Å². The summed E-state index contributed by atoms with van der Waals surface area (Å²) in [5, 5.41) is 5.15. The Morgan fingerprint density at radius 3 is 2.21 bits per heavy atom. The van der Waals surface area contributed by atoms with Crippen molar-refractivity contribution in [1.29, 1.82) is 0 Å². The molecule has 1 aliphatic rings. The summed E-state index contributed by atoms with van der Waals surface area (Å²) in [5.41, 5.74) is 1.10. The fraction of sp³-hybridized carbons (Fsp3) is 0.441. The highest BCUT2D eigenvalue weighted by atomic mass is 16.6. The van der Waals surface area contributed by atoms with Crippen LogP contribution in [0, 0.1) is 0 Å². The molecular weight excluding hydrogens is 530 g/mol. The van der Waals surface area contributed by atoms with Crippen LogP contribution in [-0.4, -0.2) is 78.7 Å². The van der Waals surface area contributed by atoms with E-state index in [9.17, 15) is 14.4 Å². The molecule has 8 nitrogen and oxygen atoms in total. The number of nitrogens with one attached hydrogen (secondary N) is 1. The van der Waals surface area contributed by atoms with Crippen molar-refractivity contribution < 1.29 is 23.9 Å². The van der Waals surface area contributed by atoms with E-state index in [0.29, 0.717) is 19.6 Å². The number of nitrogens with zero attached hydrogens (tertiary/aromatic N) is 2. The largest absolute Gasteiger partial charge is 0.444 e. The average Bonchev–Trinajstić information content (AvgIpc) is 3.50. The second-order valence-corrected chi connectivity index (χ2v) is 12.0. The lowest BCUT2D eigenvalue weighted by Gasteiger charge is -2.35. The third-order valence-corrected chi connectivity index (χ3v) is 7.59. The lowest BCUT2D eigenvalue weighted by molar-refractivity contribution is -0.142. The third-order valence-electron chi connectivity index (χ3n) is 7.59. The second kappa shape index (κ2) is 13.8. The molecule has 0 spiro atoms. The van der Waals surface area contributed by atoms with Crippen molar-refractivity contribution in [3.05, 3.63) is 83.9 Å². The number of carbonyl (C=O) groups is 3. The molecule has 3 aromatic rings. The third kappa shape index (κ3) is 8.32. The first-order valence-corrected chi connectivity index (χ1v) is 14.7. The predicted molar refractivity (Wildman–Crippen MR) is 164 cm³/mol. The van der Waals surface area contributed by atoms with Gasteiger partial charge in [-0.05, 0) is 55.5 Å². The van der Waals surface area contributed by atoms with E-state index in [-0.39, 0.29) is 24.3 Å². The Morgan fingerprint density at radius 2 is 1.55 bits per heavy atom. The summed E-state index contributed by atoms with van der Waals surface area (Å²) >= 11 is 0. The van der Waals surface area contributed by atoms with Crippen molar-refractivity contribution in [3.8, 4) is 0 Å². The van der Waals surface area contributed by atoms with Crippen LogP contribution in [0.4, 0.5) is 4.79 Å². The Bertz CT molecular complexity index is 1360. The van der Waals surface area contributed by atoms with Crippen LogP contribution >= 0.6 is 0 Å². The summed E-state index contributed by atoms with van der Waals surface area (Å²) in [6, 6.07) is 22.0. The molecule has 1 N–H and O–H groups in total. The Kier molecular flexibility index (Phi) is 10.2. The lowest BCUT2D eigenvalue weighted by atomic mass is 9.98. The van der Waals surface area contributed by atoms with Crippen molar-refractivity contribution in [2.75, 3.05) is 27.2 Å². The van der Waals surface area contributed by atoms with E-state index >= 15 is 0 Å². The summed E-state index contributed by atoms with van der Waals surface area (Å²) in [6.07, 6.45) is 1.84. The lowest BCUT2D eigenvalue weighted by Crippen LogP contribution is -2.56. The zero-order chi connectivity index (χ0) is 30.3. The van der Waals surface area contributed by atoms with Crippen LogP contribution < -0.4 is 5.32 Å². The molecular formula is C34H43N3O5. The van der Waals surface area contributed by atoms with Crippen molar-refractivity contribution >= 4 is 28.7 Å². The maximum atomic E-state index is 14.3. The van der Waals surface area contributed by atoms with Gasteiger partial charge in [-0.15, -0.1) is 0 Å². The Balaban J connectivity index is 1.62. The van der Waals surface area contributed by atoms with Gasteiger partial charge in [0.1, 0.15) is 17.7 Å². The zero-order valence-corrected chi connectivity index (χ0v) is 25.3. The van der Waals surface area contributed by atoms with Crippen molar-refractivity contribution in [1.82, 2.24) is 15.1 Å². The number of fused-ring (bicyclic) bond motifs is 1. The van der Waals surface area contributed by atoms with Crippen molar-refractivity contribution in [2.45, 2.75) is 70.2 Å². The quantitative estimate of drug-likeness (QED) is 0.370. The Morgan fingerprint density at radius 1 is 0.881 bits per heavy atom. The Labute approximate surface area is 249 Å². The number of likely N-dealkylation sites (N-methyl/N-ethyl adjacent to an activating group) is 2. The molecule has 0 saturated carbocycles. The van der Waals surface area contributed by atoms with Gasteiger partial charge in [0.2, 0.25) is 11.8 Å². The SMILES string of the molecule is CN(C(=O)OC(C)(C)C)C(Cc1ccc2ccccc2c1)C(=O)N(C)C(Cc1ccccc1)C(=O)NCC1CCCO1. The number of hydrogen-bond acceptors (Lipinski definition) is 5. The van der Waals surface area contributed by atoms with Crippen molar-refractivity contribution in [2.24, 2.45) is 0 Å². The molecule has 8 heteroatoms. The molecule has 0 radical (unpaired) electrons. The highest BCUT2D eigenvalue weighted by Crippen LogP contribution is 2.21. The molecule has 1 aliphatic heterocycles. The van der Waals surface area contributed by atoms with Crippen LogP contribution in [0.1, 0.15) is 44.7 Å². The first-order chi connectivity index (χ1) is 20.0. The molecule has 1 heterocycles. The van der Waals surface area contributed by atoms with Gasteiger partial charge in [-0.2, -0.15) is 0 Å². The topological polar surface area (TPSA) is 88.2 Å². The van der Waals surface area contributed by atoms with E-state index in [4.69, 9.17) is 9.47 Å². The van der Waals surface area contributed by atoms with Crippen LogP contribution in [0.15, 0.2) is 72.8 Å². The van der Waals surface area contributed by atoms with Gasteiger partial charge in [-0.3, -0.25) is 14.5 Å². The fourth-order valence-electron chi connectivity index (χ4n) is 5.21. The van der Waals surface area contributed by atoms with Gasteiger partial charge >= 0.3 is 6.09 Å². The molecule has 3 unspecified atom stereocenters. The minimum Gasteiger partial charge on any atom is -0.444 e. The summed E-state index contributed by atoms with van der Waals surface area (Å²) < 4.78 is 11.3. The van der Waals surface area contributed by atoms with E-state index < -0.39 is 23.8 Å². The van der Waals surface area contributed by atoms with Crippen LogP contribution in [0.25, 0.3) is 10.8 Å². The van der Waals surface area contributed by atoms with Crippen LogP contribution in [0.2, 0.25) is 0 Å². The molecule has 42 heavy (non-hydrogen) atoms. The summed E-state index contributed by atoms with van der Waals surface area (Å²) in [6.45, 7) is 6.46. The second-order valence-electron chi connectivity index (χ2n) is 12.0. The molecule has 4 rings (SSSR count). The Hall–Kier alpha value is -3.91. The van der Waals surface area contributed by atoms with Gasteiger partial charge in [0.05, 0.1) is 6.10 Å². The monoisotopic (exact) mass is 573 g/mol. The highest BCUT2D eigenvalue weighted by Gasteiger charge is 2.36. The van der Waals surface area contributed by atoms with Crippen LogP contribution in [0.3, 0.4) is 0 Å². The van der Waals surface area contributed by atoms with Gasteiger partial charge in [0.15, 0.2) is 0 Å². The van der Waals surface area contributed by atoms with Crippen molar-refractivity contribution in [3.63, 3.8) is 0 Å².